The fraction of sp³-hybridized carbons (Fsp3) is 0.389. The molecule has 4 unspecified atom stereocenters. The highest BCUT2D eigenvalue weighted by Gasteiger charge is 2.73. The van der Waals surface area contributed by atoms with Gasteiger partial charge in [-0.1, -0.05) is 42.0 Å². The van der Waals surface area contributed by atoms with E-state index in [0.29, 0.717) is 10.6 Å². The first-order chi connectivity index (χ1) is 11.1. The van der Waals surface area contributed by atoms with Crippen molar-refractivity contribution in [3.63, 3.8) is 0 Å². The Morgan fingerprint density at radius 1 is 1.09 bits per heavy atom. The molecule has 5 rings (SSSR count). The molecule has 0 aromatic heterocycles. The fourth-order valence-electron chi connectivity index (χ4n) is 4.88. The van der Waals surface area contributed by atoms with Crippen LogP contribution >= 0.6 is 11.6 Å². The van der Waals surface area contributed by atoms with E-state index < -0.39 is 0 Å². The Labute approximate surface area is 138 Å². The average molecular weight is 327 g/mol. The van der Waals surface area contributed by atoms with Gasteiger partial charge in [-0.05, 0) is 36.2 Å². The van der Waals surface area contributed by atoms with Crippen molar-refractivity contribution in [3.8, 4) is 0 Å². The predicted octanol–water partition coefficient (Wildman–Crippen LogP) is 2.87. The smallest absolute Gasteiger partial charge is 0.254 e. The van der Waals surface area contributed by atoms with Crippen LogP contribution in [0, 0.1) is 29.1 Å². The number of hydrogen-bond acceptors (Lipinski definition) is 3. The number of imide groups is 1. The van der Waals surface area contributed by atoms with Crippen LogP contribution in [-0.2, 0) is 9.59 Å². The molecule has 1 spiro atoms. The largest absolute Gasteiger partial charge is 0.272 e. The number of hydrogen-bond donors (Lipinski definition) is 0. The number of carbonyl (C=O) groups excluding carboxylic acids is 2. The molecular weight excluding hydrogens is 312 g/mol. The Kier molecular flexibility index (Phi) is 2.54. The Hall–Kier alpha value is -1.94. The zero-order valence-electron chi connectivity index (χ0n) is 12.4. The van der Waals surface area contributed by atoms with E-state index in [0.717, 1.165) is 17.9 Å². The molecule has 4 nitrogen and oxygen atoms in total. The molecule has 1 heterocycles. The van der Waals surface area contributed by atoms with E-state index in [4.69, 9.17) is 11.6 Å². The first-order valence-corrected chi connectivity index (χ1v) is 8.36. The van der Waals surface area contributed by atoms with Gasteiger partial charge in [0.2, 0.25) is 0 Å². The van der Waals surface area contributed by atoms with Gasteiger partial charge in [0.25, 0.3) is 11.8 Å². The first-order valence-electron chi connectivity index (χ1n) is 7.98. The molecule has 2 saturated carbocycles. The van der Waals surface area contributed by atoms with Crippen LogP contribution in [0.25, 0.3) is 0 Å². The third-order valence-corrected chi connectivity index (χ3v) is 6.39. The van der Waals surface area contributed by atoms with Crippen LogP contribution < -0.4 is 0 Å². The highest BCUT2D eigenvalue weighted by atomic mass is 35.5. The normalized spacial score (nSPS) is 35.8. The number of rotatable bonds is 2. The standard InChI is InChI=1S/C18H15ClN2O2/c19-13-4-2-1-3-10(13)9-20-21-16(22)14-11-5-6-12(15(14)17(21)23)18(11)7-8-18/h1-6,9,11-12,14-15H,7-8H2/b20-9+. The van der Waals surface area contributed by atoms with Gasteiger partial charge in [0.05, 0.1) is 18.1 Å². The maximum absolute atomic E-state index is 12.7. The van der Waals surface area contributed by atoms with Gasteiger partial charge in [0.1, 0.15) is 0 Å². The van der Waals surface area contributed by atoms with Crippen molar-refractivity contribution in [2.75, 3.05) is 0 Å². The second kappa shape index (κ2) is 4.32. The molecule has 1 aromatic carbocycles. The van der Waals surface area contributed by atoms with Crippen molar-refractivity contribution in [3.05, 3.63) is 47.0 Å². The topological polar surface area (TPSA) is 49.7 Å². The van der Waals surface area contributed by atoms with Crippen LogP contribution in [0.1, 0.15) is 18.4 Å². The van der Waals surface area contributed by atoms with Gasteiger partial charge in [0, 0.05) is 10.6 Å². The lowest BCUT2D eigenvalue weighted by Gasteiger charge is -2.18. The molecule has 116 valence electrons. The summed E-state index contributed by atoms with van der Waals surface area (Å²) in [7, 11) is 0. The molecular formula is C18H15ClN2O2. The number of amides is 2. The zero-order valence-corrected chi connectivity index (χ0v) is 13.1. The van der Waals surface area contributed by atoms with Gasteiger partial charge in [-0.15, -0.1) is 0 Å². The molecule has 2 amide bonds. The zero-order chi connectivity index (χ0) is 15.8. The first kappa shape index (κ1) is 13.5. The van der Waals surface area contributed by atoms with Crippen molar-refractivity contribution in [1.82, 2.24) is 5.01 Å². The van der Waals surface area contributed by atoms with Gasteiger partial charge in [-0.25, -0.2) is 0 Å². The molecule has 3 aliphatic carbocycles. The van der Waals surface area contributed by atoms with Crippen molar-refractivity contribution >= 4 is 29.6 Å². The maximum Gasteiger partial charge on any atom is 0.254 e. The summed E-state index contributed by atoms with van der Waals surface area (Å²) in [6, 6.07) is 7.24. The van der Waals surface area contributed by atoms with Crippen LogP contribution in [0.15, 0.2) is 41.5 Å². The molecule has 3 fully saturated rings. The summed E-state index contributed by atoms with van der Waals surface area (Å²) in [6.45, 7) is 0. The summed E-state index contributed by atoms with van der Waals surface area (Å²) in [4.78, 5) is 25.5. The molecule has 23 heavy (non-hydrogen) atoms. The molecule has 5 heteroatoms. The summed E-state index contributed by atoms with van der Waals surface area (Å²) in [5.41, 5.74) is 0.922. The molecule has 4 atom stereocenters. The minimum absolute atomic E-state index is 0.147. The number of halogens is 1. The van der Waals surface area contributed by atoms with E-state index >= 15 is 0 Å². The third-order valence-electron chi connectivity index (χ3n) is 6.05. The van der Waals surface area contributed by atoms with Gasteiger partial charge >= 0.3 is 0 Å². The predicted molar refractivity (Wildman–Crippen MR) is 85.7 cm³/mol. The Morgan fingerprint density at radius 2 is 1.70 bits per heavy atom. The molecule has 1 aliphatic heterocycles. The second-order valence-corrected chi connectivity index (χ2v) is 7.38. The SMILES string of the molecule is O=C1C2C(C(=O)N1/N=C/c1ccccc1Cl)C1C=CC2C12CC2. The van der Waals surface area contributed by atoms with E-state index in [-0.39, 0.29) is 40.9 Å². The van der Waals surface area contributed by atoms with E-state index in [1.54, 1.807) is 6.07 Å². The molecule has 4 aliphatic rings. The number of hydrazone groups is 1. The summed E-state index contributed by atoms with van der Waals surface area (Å²) < 4.78 is 0. The van der Waals surface area contributed by atoms with Crippen LogP contribution in [0.5, 0.6) is 0 Å². The lowest BCUT2D eigenvalue weighted by molar-refractivity contribution is -0.141. The lowest BCUT2D eigenvalue weighted by Crippen LogP contribution is -2.30. The minimum atomic E-state index is -0.205. The van der Waals surface area contributed by atoms with Crippen molar-refractivity contribution < 1.29 is 9.59 Å². The van der Waals surface area contributed by atoms with Gasteiger partial charge in [0.15, 0.2) is 0 Å². The second-order valence-electron chi connectivity index (χ2n) is 6.98. The van der Waals surface area contributed by atoms with Crippen molar-refractivity contribution in [1.29, 1.82) is 0 Å². The number of benzene rings is 1. The summed E-state index contributed by atoms with van der Waals surface area (Å²) in [6.07, 6.45) is 8.11. The summed E-state index contributed by atoms with van der Waals surface area (Å²) in [5, 5.41) is 5.78. The van der Waals surface area contributed by atoms with Gasteiger partial charge in [-0.3, -0.25) is 9.59 Å². The molecule has 0 radical (unpaired) electrons. The van der Waals surface area contributed by atoms with Crippen molar-refractivity contribution in [2.45, 2.75) is 12.8 Å². The van der Waals surface area contributed by atoms with Crippen LogP contribution in [-0.4, -0.2) is 23.0 Å². The monoisotopic (exact) mass is 326 g/mol. The number of carbonyl (C=O) groups is 2. The average Bonchev–Trinajstić information content (AvgIpc) is 3.15. The maximum atomic E-state index is 12.7. The Balaban J connectivity index is 1.46. The minimum Gasteiger partial charge on any atom is -0.272 e. The quantitative estimate of drug-likeness (QED) is 0.476. The van der Waals surface area contributed by atoms with Gasteiger partial charge in [-0.2, -0.15) is 10.1 Å². The number of fused-ring (bicyclic) bond motifs is 3. The Bertz CT molecular complexity index is 762. The number of nitrogens with zero attached hydrogens (tertiary/aromatic N) is 2. The third kappa shape index (κ3) is 1.59. The van der Waals surface area contributed by atoms with Crippen LogP contribution in [0.2, 0.25) is 5.02 Å². The summed E-state index contributed by atoms with van der Waals surface area (Å²) in [5.74, 6) is -0.242. The van der Waals surface area contributed by atoms with E-state index in [2.05, 4.69) is 17.3 Å². The highest BCUT2D eigenvalue weighted by Crippen LogP contribution is 2.73. The van der Waals surface area contributed by atoms with E-state index in [1.807, 2.05) is 18.2 Å². The summed E-state index contributed by atoms with van der Waals surface area (Å²) >= 11 is 6.09. The van der Waals surface area contributed by atoms with Crippen LogP contribution in [0.3, 0.4) is 0 Å². The number of allylic oxidation sites excluding steroid dienone is 2. The van der Waals surface area contributed by atoms with Crippen molar-refractivity contribution in [2.24, 2.45) is 34.2 Å². The lowest BCUT2D eigenvalue weighted by atomic mass is 9.85. The highest BCUT2D eigenvalue weighted by molar-refractivity contribution is 6.33. The van der Waals surface area contributed by atoms with E-state index in [9.17, 15) is 9.59 Å². The molecule has 0 N–H and O–H groups in total. The Morgan fingerprint density at radius 3 is 2.26 bits per heavy atom. The molecule has 1 saturated heterocycles. The van der Waals surface area contributed by atoms with E-state index in [1.165, 1.54) is 6.21 Å². The van der Waals surface area contributed by atoms with Crippen LogP contribution in [0.4, 0.5) is 0 Å². The molecule has 1 aromatic rings. The van der Waals surface area contributed by atoms with Gasteiger partial charge < -0.3 is 0 Å². The molecule has 2 bridgehead atoms. The fourth-order valence-corrected chi connectivity index (χ4v) is 5.06.